The fourth-order valence-electron chi connectivity index (χ4n) is 4.48. The second kappa shape index (κ2) is 8.83. The minimum atomic E-state index is -1.79. The van der Waals surface area contributed by atoms with Gasteiger partial charge in [-0.15, -0.1) is 0 Å². The number of rotatable bonds is 8. The molecular weight excluding hydrogens is 390 g/mol. The standard InChI is InChI=1S/C26H33NO4/c1-16(2)21-11-8-17(3)14-22(21)31-13-7-12-27-24-19(5)10-9-18(4)23(24)26(30,25(27)29)15-20(6)28/h8-11,14,16,30H,7,12-13,15H2,1-6H3. The molecule has 1 amide bonds. The van der Waals surface area contributed by atoms with Gasteiger partial charge in [-0.3, -0.25) is 9.59 Å². The number of amides is 1. The van der Waals surface area contributed by atoms with Crippen molar-refractivity contribution in [2.24, 2.45) is 0 Å². The summed E-state index contributed by atoms with van der Waals surface area (Å²) >= 11 is 0. The minimum absolute atomic E-state index is 0.211. The van der Waals surface area contributed by atoms with Crippen LogP contribution in [0.1, 0.15) is 67.3 Å². The van der Waals surface area contributed by atoms with Crippen LogP contribution in [0.5, 0.6) is 5.75 Å². The van der Waals surface area contributed by atoms with E-state index in [0.717, 1.165) is 33.7 Å². The van der Waals surface area contributed by atoms with E-state index in [0.29, 0.717) is 31.1 Å². The molecule has 0 saturated heterocycles. The lowest BCUT2D eigenvalue weighted by Crippen LogP contribution is -2.42. The Morgan fingerprint density at radius 3 is 2.45 bits per heavy atom. The number of ether oxygens (including phenoxy) is 1. The molecule has 0 bridgehead atoms. The van der Waals surface area contributed by atoms with Gasteiger partial charge in [0.1, 0.15) is 11.5 Å². The van der Waals surface area contributed by atoms with Gasteiger partial charge in [-0.25, -0.2) is 0 Å². The van der Waals surface area contributed by atoms with Gasteiger partial charge in [-0.05, 0) is 68.4 Å². The molecule has 0 saturated carbocycles. The molecule has 5 nitrogen and oxygen atoms in total. The maximum atomic E-state index is 13.3. The predicted molar refractivity (Wildman–Crippen MR) is 123 cm³/mol. The highest BCUT2D eigenvalue weighted by atomic mass is 16.5. The summed E-state index contributed by atoms with van der Waals surface area (Å²) in [6.07, 6.45) is 0.400. The monoisotopic (exact) mass is 423 g/mol. The number of hydrogen-bond donors (Lipinski definition) is 1. The summed E-state index contributed by atoms with van der Waals surface area (Å²) in [6, 6.07) is 10.1. The van der Waals surface area contributed by atoms with Crippen LogP contribution < -0.4 is 9.64 Å². The van der Waals surface area contributed by atoms with Gasteiger partial charge in [0.25, 0.3) is 5.91 Å². The summed E-state index contributed by atoms with van der Waals surface area (Å²) < 4.78 is 6.08. The predicted octanol–water partition coefficient (Wildman–Crippen LogP) is 4.72. The molecule has 0 aliphatic carbocycles. The van der Waals surface area contributed by atoms with Gasteiger partial charge < -0.3 is 14.7 Å². The van der Waals surface area contributed by atoms with Crippen LogP contribution in [0.3, 0.4) is 0 Å². The third kappa shape index (κ3) is 4.38. The lowest BCUT2D eigenvalue weighted by atomic mass is 9.86. The fraction of sp³-hybridized carbons (Fsp3) is 0.462. The van der Waals surface area contributed by atoms with Crippen molar-refractivity contribution >= 4 is 17.4 Å². The second-order valence-corrected chi connectivity index (χ2v) is 9.02. The van der Waals surface area contributed by atoms with Crippen molar-refractivity contribution in [3.05, 3.63) is 58.1 Å². The molecule has 31 heavy (non-hydrogen) atoms. The molecule has 0 spiro atoms. The highest BCUT2D eigenvalue weighted by molar-refractivity contribution is 6.09. The number of ketones is 1. The van der Waals surface area contributed by atoms with Crippen LogP contribution in [-0.4, -0.2) is 29.9 Å². The average molecular weight is 424 g/mol. The molecule has 1 atom stereocenters. The van der Waals surface area contributed by atoms with Crippen molar-refractivity contribution in [3.63, 3.8) is 0 Å². The lowest BCUT2D eigenvalue weighted by Gasteiger charge is -2.23. The first kappa shape index (κ1) is 23.0. The molecule has 2 aromatic rings. The Morgan fingerprint density at radius 2 is 1.81 bits per heavy atom. The Bertz CT molecular complexity index is 1010. The van der Waals surface area contributed by atoms with Gasteiger partial charge in [0.05, 0.1) is 12.3 Å². The third-order valence-electron chi connectivity index (χ3n) is 5.95. The van der Waals surface area contributed by atoms with Crippen molar-refractivity contribution in [1.82, 2.24) is 0 Å². The van der Waals surface area contributed by atoms with Gasteiger partial charge >= 0.3 is 0 Å². The van der Waals surface area contributed by atoms with E-state index in [1.54, 1.807) is 4.90 Å². The molecule has 1 aliphatic rings. The number of aryl methyl sites for hydroxylation is 3. The first-order valence-corrected chi connectivity index (χ1v) is 10.9. The number of Topliss-reactive ketones (excluding diaryl/α,β-unsaturated/α-hetero) is 1. The van der Waals surface area contributed by atoms with Crippen molar-refractivity contribution < 1.29 is 19.4 Å². The number of nitrogens with zero attached hydrogens (tertiary/aromatic N) is 1. The highest BCUT2D eigenvalue weighted by Crippen LogP contribution is 2.46. The molecular formula is C26H33NO4. The zero-order chi connectivity index (χ0) is 22.9. The van der Waals surface area contributed by atoms with Gasteiger partial charge in [0, 0.05) is 18.5 Å². The Labute approximate surface area is 185 Å². The minimum Gasteiger partial charge on any atom is -0.493 e. The van der Waals surface area contributed by atoms with Crippen LogP contribution in [0, 0.1) is 20.8 Å². The van der Waals surface area contributed by atoms with Gasteiger partial charge in [-0.2, -0.15) is 0 Å². The molecule has 1 unspecified atom stereocenters. The molecule has 1 aliphatic heterocycles. The van der Waals surface area contributed by atoms with Crippen LogP contribution in [0.2, 0.25) is 0 Å². The molecule has 0 aromatic heterocycles. The van der Waals surface area contributed by atoms with E-state index >= 15 is 0 Å². The molecule has 2 aromatic carbocycles. The van der Waals surface area contributed by atoms with E-state index in [-0.39, 0.29) is 12.2 Å². The Hall–Kier alpha value is -2.66. The number of hydrogen-bond acceptors (Lipinski definition) is 4. The summed E-state index contributed by atoms with van der Waals surface area (Å²) in [5, 5.41) is 11.3. The topological polar surface area (TPSA) is 66.8 Å². The number of carbonyl (C=O) groups is 2. The molecule has 1 N–H and O–H groups in total. The molecule has 3 rings (SSSR count). The first-order chi connectivity index (χ1) is 14.6. The van der Waals surface area contributed by atoms with E-state index in [1.807, 2.05) is 39.0 Å². The summed E-state index contributed by atoms with van der Waals surface area (Å²) in [6.45, 7) is 12.4. The van der Waals surface area contributed by atoms with Crippen molar-refractivity contribution in [3.8, 4) is 5.75 Å². The molecule has 1 heterocycles. The normalized spacial score (nSPS) is 17.9. The molecule has 0 radical (unpaired) electrons. The summed E-state index contributed by atoms with van der Waals surface area (Å²) in [5.74, 6) is 0.597. The summed E-state index contributed by atoms with van der Waals surface area (Å²) in [5.41, 5.74) is 3.54. The van der Waals surface area contributed by atoms with Crippen LogP contribution in [0.25, 0.3) is 0 Å². The number of carbonyl (C=O) groups excluding carboxylic acids is 2. The maximum absolute atomic E-state index is 13.3. The molecule has 5 heteroatoms. The van der Waals surface area contributed by atoms with Crippen LogP contribution >= 0.6 is 0 Å². The third-order valence-corrected chi connectivity index (χ3v) is 5.95. The summed E-state index contributed by atoms with van der Waals surface area (Å²) in [7, 11) is 0. The fourth-order valence-corrected chi connectivity index (χ4v) is 4.48. The number of fused-ring (bicyclic) bond motifs is 1. The highest BCUT2D eigenvalue weighted by Gasteiger charge is 2.51. The van der Waals surface area contributed by atoms with Gasteiger partial charge in [0.15, 0.2) is 5.60 Å². The zero-order valence-electron chi connectivity index (χ0n) is 19.4. The van der Waals surface area contributed by atoms with Crippen LogP contribution in [0.4, 0.5) is 5.69 Å². The average Bonchev–Trinajstić information content (AvgIpc) is 2.89. The van der Waals surface area contributed by atoms with Crippen molar-refractivity contribution in [2.75, 3.05) is 18.1 Å². The number of anilines is 1. The van der Waals surface area contributed by atoms with Crippen LogP contribution in [0.15, 0.2) is 30.3 Å². The first-order valence-electron chi connectivity index (χ1n) is 10.9. The Kier molecular flexibility index (Phi) is 6.56. The second-order valence-electron chi connectivity index (χ2n) is 9.02. The molecule has 166 valence electrons. The lowest BCUT2D eigenvalue weighted by molar-refractivity contribution is -0.141. The Morgan fingerprint density at radius 1 is 1.13 bits per heavy atom. The largest absolute Gasteiger partial charge is 0.493 e. The van der Waals surface area contributed by atoms with E-state index in [2.05, 4.69) is 26.0 Å². The number of aliphatic hydroxyl groups is 1. The zero-order valence-corrected chi connectivity index (χ0v) is 19.4. The SMILES string of the molecule is CC(=O)CC1(O)C(=O)N(CCCOc2cc(C)ccc2C(C)C)c2c(C)ccc(C)c21. The van der Waals surface area contributed by atoms with Gasteiger partial charge in [0.2, 0.25) is 0 Å². The molecule has 0 fully saturated rings. The smallest absolute Gasteiger partial charge is 0.264 e. The quantitative estimate of drug-likeness (QED) is 0.624. The maximum Gasteiger partial charge on any atom is 0.264 e. The Balaban J connectivity index is 1.79. The van der Waals surface area contributed by atoms with E-state index in [9.17, 15) is 14.7 Å². The van der Waals surface area contributed by atoms with E-state index in [4.69, 9.17) is 4.74 Å². The number of benzene rings is 2. The van der Waals surface area contributed by atoms with Crippen LogP contribution in [-0.2, 0) is 15.2 Å². The van der Waals surface area contributed by atoms with E-state index < -0.39 is 11.5 Å². The van der Waals surface area contributed by atoms with Gasteiger partial charge in [-0.1, -0.05) is 38.1 Å². The summed E-state index contributed by atoms with van der Waals surface area (Å²) in [4.78, 5) is 26.7. The van der Waals surface area contributed by atoms with Crippen molar-refractivity contribution in [1.29, 1.82) is 0 Å². The van der Waals surface area contributed by atoms with Crippen molar-refractivity contribution in [2.45, 2.75) is 65.9 Å². The van der Waals surface area contributed by atoms with E-state index in [1.165, 1.54) is 6.92 Å².